The number of hydrogen-bond donors (Lipinski definition) is 0. The summed E-state index contributed by atoms with van der Waals surface area (Å²) in [5.41, 5.74) is -0.752. The summed E-state index contributed by atoms with van der Waals surface area (Å²) in [6.07, 6.45) is -4.64. The van der Waals surface area contributed by atoms with E-state index in [2.05, 4.69) is 15.9 Å². The van der Waals surface area contributed by atoms with Crippen molar-refractivity contribution < 1.29 is 22.0 Å². The third-order valence-corrected chi connectivity index (χ3v) is 2.55. The van der Waals surface area contributed by atoms with Crippen molar-refractivity contribution in [2.75, 3.05) is 0 Å². The average Bonchev–Trinajstić information content (AvgIpc) is 2.07. The average molecular weight is 275 g/mol. The van der Waals surface area contributed by atoms with Gasteiger partial charge >= 0.3 is 6.18 Å². The summed E-state index contributed by atoms with van der Waals surface area (Å²) in [4.78, 5) is -2.19. The lowest BCUT2D eigenvalue weighted by molar-refractivity contribution is -0.128. The molecule has 1 aromatic carbocycles. The first-order valence-electron chi connectivity index (χ1n) is 3.48. The van der Waals surface area contributed by atoms with Gasteiger partial charge in [0.05, 0.1) is 0 Å². The van der Waals surface area contributed by atoms with Gasteiger partial charge in [-0.3, -0.25) is 0 Å². The number of alkyl halides is 4. The van der Waals surface area contributed by atoms with E-state index in [0.29, 0.717) is 0 Å². The minimum Gasteiger partial charge on any atom is -0.204 e. The molecule has 1 aromatic rings. The lowest BCUT2D eigenvalue weighted by Gasteiger charge is -2.14. The van der Waals surface area contributed by atoms with E-state index in [9.17, 15) is 22.0 Å². The van der Waals surface area contributed by atoms with Crippen molar-refractivity contribution in [3.05, 3.63) is 35.4 Å². The number of rotatable bonds is 1. The molecule has 6 heteroatoms. The maximum atomic E-state index is 12.9. The van der Waals surface area contributed by atoms with Crippen LogP contribution in [0.4, 0.5) is 22.0 Å². The molecule has 0 nitrogen and oxygen atoms in total. The van der Waals surface area contributed by atoms with Crippen LogP contribution in [0.1, 0.15) is 10.4 Å². The summed E-state index contributed by atoms with van der Waals surface area (Å²) < 4.78 is 61.8. The third kappa shape index (κ3) is 2.23. The summed E-state index contributed by atoms with van der Waals surface area (Å²) in [5, 5.41) is 0. The molecule has 0 heterocycles. The van der Waals surface area contributed by atoms with Crippen molar-refractivity contribution in [1.82, 2.24) is 0 Å². The van der Waals surface area contributed by atoms with Gasteiger partial charge in [-0.05, 0) is 6.07 Å². The third-order valence-electron chi connectivity index (χ3n) is 1.54. The van der Waals surface area contributed by atoms with Crippen LogP contribution < -0.4 is 0 Å². The highest BCUT2D eigenvalue weighted by Gasteiger charge is 2.40. The fourth-order valence-electron chi connectivity index (χ4n) is 0.893. The molecule has 0 radical (unpaired) electrons. The molecule has 78 valence electrons. The first-order valence-corrected chi connectivity index (χ1v) is 4.40. The van der Waals surface area contributed by atoms with E-state index in [-0.39, 0.29) is 0 Å². The molecule has 0 aliphatic heterocycles. The highest BCUT2D eigenvalue weighted by atomic mass is 79.9. The molecule has 0 saturated heterocycles. The molecule has 0 aliphatic rings. The van der Waals surface area contributed by atoms with Crippen molar-refractivity contribution in [3.8, 4) is 0 Å². The molecular weight excluding hydrogens is 271 g/mol. The topological polar surface area (TPSA) is 0 Å². The molecule has 0 aliphatic carbocycles. The van der Waals surface area contributed by atoms with E-state index >= 15 is 0 Å². The molecular formula is C8H4BrF5. The molecule has 0 fully saturated rings. The van der Waals surface area contributed by atoms with Gasteiger partial charge < -0.3 is 0 Å². The van der Waals surface area contributed by atoms with Crippen LogP contribution in [0.3, 0.4) is 0 Å². The summed E-state index contributed by atoms with van der Waals surface area (Å²) in [6, 6.07) is 2.66. The van der Waals surface area contributed by atoms with Crippen LogP contribution >= 0.6 is 15.9 Å². The minimum atomic E-state index is -4.64. The van der Waals surface area contributed by atoms with Crippen molar-refractivity contribution in [3.63, 3.8) is 0 Å². The van der Waals surface area contributed by atoms with E-state index in [1.54, 1.807) is 0 Å². The highest BCUT2D eigenvalue weighted by molar-refractivity contribution is 9.09. The number of benzene rings is 1. The Morgan fingerprint density at radius 2 is 1.71 bits per heavy atom. The van der Waals surface area contributed by atoms with Crippen molar-refractivity contribution >= 4 is 15.9 Å². The minimum absolute atomic E-state index is 0.752. The molecule has 0 bridgehead atoms. The van der Waals surface area contributed by atoms with Gasteiger partial charge in [-0.2, -0.15) is 13.2 Å². The lowest BCUT2D eigenvalue weighted by Crippen LogP contribution is -2.16. The van der Waals surface area contributed by atoms with Crippen molar-refractivity contribution in [2.45, 2.75) is 11.0 Å². The normalized spacial score (nSPS) is 14.1. The van der Waals surface area contributed by atoms with Gasteiger partial charge in [0.1, 0.15) is 4.83 Å². The second kappa shape index (κ2) is 3.84. The maximum Gasteiger partial charge on any atom is 0.405 e. The van der Waals surface area contributed by atoms with E-state index in [1.165, 1.54) is 0 Å². The summed E-state index contributed by atoms with van der Waals surface area (Å²) >= 11 is 2.26. The first kappa shape index (κ1) is 11.4. The van der Waals surface area contributed by atoms with Gasteiger partial charge in [-0.15, -0.1) is 0 Å². The monoisotopic (exact) mass is 274 g/mol. The fourth-order valence-corrected chi connectivity index (χ4v) is 1.25. The Hall–Kier alpha value is -0.650. The smallest absolute Gasteiger partial charge is 0.204 e. The number of hydrogen-bond acceptors (Lipinski definition) is 0. The molecule has 0 saturated carbocycles. The lowest BCUT2D eigenvalue weighted by atomic mass is 10.1. The molecule has 0 aromatic heterocycles. The molecule has 1 rings (SSSR count). The van der Waals surface area contributed by atoms with Gasteiger partial charge in [-0.1, -0.05) is 28.1 Å². The molecule has 1 atom stereocenters. The molecule has 0 spiro atoms. The zero-order valence-electron chi connectivity index (χ0n) is 6.58. The largest absolute Gasteiger partial charge is 0.405 e. The van der Waals surface area contributed by atoms with Crippen LogP contribution in [0.15, 0.2) is 18.2 Å². The second-order valence-corrected chi connectivity index (χ2v) is 3.46. The van der Waals surface area contributed by atoms with Crippen LogP contribution in [0.5, 0.6) is 0 Å². The maximum absolute atomic E-state index is 12.9. The standard InChI is InChI=1S/C8H4BrF5/c9-7(8(12,13)14)4-2-1-3-5(10)6(4)11/h1-3,7H. The van der Waals surface area contributed by atoms with Crippen LogP contribution in [-0.2, 0) is 0 Å². The van der Waals surface area contributed by atoms with Crippen molar-refractivity contribution in [1.29, 1.82) is 0 Å². The first-order chi connectivity index (χ1) is 6.34. The summed E-state index contributed by atoms with van der Waals surface area (Å²) in [5.74, 6) is -2.78. The SMILES string of the molecule is Fc1cccc(C(Br)C(F)(F)F)c1F. The van der Waals surface area contributed by atoms with Crippen molar-refractivity contribution in [2.24, 2.45) is 0 Å². The fraction of sp³-hybridized carbons (Fsp3) is 0.250. The van der Waals surface area contributed by atoms with Crippen LogP contribution in [0.25, 0.3) is 0 Å². The molecule has 1 unspecified atom stereocenters. The quantitative estimate of drug-likeness (QED) is 0.537. The Kier molecular flexibility index (Phi) is 3.14. The zero-order chi connectivity index (χ0) is 10.9. The van der Waals surface area contributed by atoms with E-state index in [0.717, 1.165) is 18.2 Å². The Bertz CT molecular complexity index is 333. The number of halogens is 6. The predicted molar refractivity (Wildman–Crippen MR) is 44.1 cm³/mol. The van der Waals surface area contributed by atoms with Crippen LogP contribution in [0, 0.1) is 11.6 Å². The second-order valence-electron chi connectivity index (χ2n) is 2.55. The Balaban J connectivity index is 3.14. The van der Waals surface area contributed by atoms with E-state index < -0.39 is 28.2 Å². The van der Waals surface area contributed by atoms with Gasteiger partial charge in [0, 0.05) is 5.56 Å². The van der Waals surface area contributed by atoms with E-state index in [4.69, 9.17) is 0 Å². The van der Waals surface area contributed by atoms with E-state index in [1.807, 2.05) is 0 Å². The van der Waals surface area contributed by atoms with Gasteiger partial charge in [-0.25, -0.2) is 8.78 Å². The van der Waals surface area contributed by atoms with Crippen LogP contribution in [-0.4, -0.2) is 6.18 Å². The zero-order valence-corrected chi connectivity index (χ0v) is 8.16. The summed E-state index contributed by atoms with van der Waals surface area (Å²) in [6.45, 7) is 0. The van der Waals surface area contributed by atoms with Gasteiger partial charge in [0.2, 0.25) is 0 Å². The Morgan fingerprint density at radius 1 is 1.14 bits per heavy atom. The Labute approximate surface area is 84.9 Å². The van der Waals surface area contributed by atoms with Gasteiger partial charge in [0.25, 0.3) is 0 Å². The molecule has 0 amide bonds. The molecule has 14 heavy (non-hydrogen) atoms. The summed E-state index contributed by atoms with van der Waals surface area (Å²) in [7, 11) is 0. The highest BCUT2D eigenvalue weighted by Crippen LogP contribution is 2.40. The Morgan fingerprint density at radius 3 is 2.21 bits per heavy atom. The van der Waals surface area contributed by atoms with Gasteiger partial charge in [0.15, 0.2) is 11.6 Å². The van der Waals surface area contributed by atoms with Crippen LogP contribution in [0.2, 0.25) is 0 Å². The molecule has 0 N–H and O–H groups in total. The predicted octanol–water partition coefficient (Wildman–Crippen LogP) is 3.96.